The molecule has 0 spiro atoms. The van der Waals surface area contributed by atoms with Crippen molar-refractivity contribution in [2.75, 3.05) is 20.2 Å². The molecule has 0 saturated carbocycles. The van der Waals surface area contributed by atoms with Crippen LogP contribution in [-0.4, -0.2) is 101 Å². The standard InChI is InChI=1S/C36H39N3O12/c1-18(2)4-11-25-28-20(12-13-38-28)15-39(25)51-33-32(43)31(42)27(17-48-35(46)29(37-3)34(44)45)50-36(33)49-22-9-10-23-26(14-22)47-16-24(30(23)41)19-5-7-21(40)8-6-19/h5-10,12-14,16,18,27,29,31-33,36-37,40,42-43H,4,11,15,17H2,1-3H3,(H,44,45). The number of fused-ring (bicyclic) bond motifs is 2. The zero-order valence-corrected chi connectivity index (χ0v) is 28.1. The number of carboxylic acid groups (broad SMARTS) is 1. The van der Waals surface area contributed by atoms with E-state index in [-0.39, 0.29) is 33.5 Å². The van der Waals surface area contributed by atoms with Crippen LogP contribution in [-0.2, 0) is 23.9 Å². The molecule has 2 aromatic carbocycles. The molecule has 6 atom stereocenters. The van der Waals surface area contributed by atoms with Crippen molar-refractivity contribution < 1.29 is 53.5 Å². The summed E-state index contributed by atoms with van der Waals surface area (Å²) in [6, 6.07) is 8.94. The number of nitrogens with zero attached hydrogens (tertiary/aromatic N) is 2. The second kappa shape index (κ2) is 15.0. The molecular formula is C36H39N3O12. The molecule has 3 aromatic rings. The minimum atomic E-state index is -1.66. The summed E-state index contributed by atoms with van der Waals surface area (Å²) in [5.74, 6) is -1.98. The topological polar surface area (TPSA) is 210 Å². The van der Waals surface area contributed by atoms with Crippen LogP contribution in [0.4, 0.5) is 0 Å². The predicted octanol–water partition coefficient (Wildman–Crippen LogP) is 2.48. The maximum absolute atomic E-state index is 13.4. The number of carbonyl (C=O) groups is 2. The van der Waals surface area contributed by atoms with E-state index in [1.165, 1.54) is 43.6 Å². The minimum Gasteiger partial charge on any atom is -0.508 e. The zero-order valence-electron chi connectivity index (χ0n) is 28.1. The minimum absolute atomic E-state index is 0.0556. The summed E-state index contributed by atoms with van der Waals surface area (Å²) in [5.41, 5.74) is 3.21. The van der Waals surface area contributed by atoms with Crippen molar-refractivity contribution in [2.24, 2.45) is 10.9 Å². The van der Waals surface area contributed by atoms with Crippen LogP contribution in [0.25, 0.3) is 22.1 Å². The quantitative estimate of drug-likeness (QED) is 0.128. The van der Waals surface area contributed by atoms with E-state index in [9.17, 15) is 34.8 Å². The number of aliphatic hydroxyl groups excluding tert-OH is 2. The molecule has 15 heteroatoms. The fourth-order valence-corrected chi connectivity index (χ4v) is 6.03. The van der Waals surface area contributed by atoms with Gasteiger partial charge in [-0.2, -0.15) is 0 Å². The maximum atomic E-state index is 13.4. The predicted molar refractivity (Wildman–Crippen MR) is 182 cm³/mol. The number of phenolic OH excluding ortho intramolecular Hbond substituents is 1. The van der Waals surface area contributed by atoms with Crippen LogP contribution in [0.2, 0.25) is 0 Å². The van der Waals surface area contributed by atoms with Crippen molar-refractivity contribution in [3.05, 3.63) is 82.0 Å². The molecule has 3 aliphatic heterocycles. The number of aliphatic hydroxyl groups is 2. The summed E-state index contributed by atoms with van der Waals surface area (Å²) in [5, 5.41) is 45.7. The normalized spacial score (nSPS) is 23.5. The first-order valence-electron chi connectivity index (χ1n) is 16.5. The summed E-state index contributed by atoms with van der Waals surface area (Å²) in [6.07, 6.45) is -1.01. The smallest absolute Gasteiger partial charge is 0.334 e. The maximum Gasteiger partial charge on any atom is 0.334 e. The fraction of sp³-hybridized carbons (Fsp3) is 0.389. The molecule has 4 heterocycles. The Morgan fingerprint density at radius 1 is 1.12 bits per heavy atom. The number of carboxylic acids is 1. The number of hydrogen-bond donors (Lipinski definition) is 5. The number of esters is 1. The number of ether oxygens (including phenoxy) is 3. The number of nitrogens with one attached hydrogen (secondary N) is 1. The number of hydroxylamine groups is 2. The lowest BCUT2D eigenvalue weighted by molar-refractivity contribution is -0.328. The van der Waals surface area contributed by atoms with E-state index in [1.807, 2.05) is 6.08 Å². The van der Waals surface area contributed by atoms with Crippen LogP contribution in [0, 0.1) is 5.92 Å². The van der Waals surface area contributed by atoms with Gasteiger partial charge >= 0.3 is 11.9 Å². The van der Waals surface area contributed by atoms with Crippen LogP contribution in [0.1, 0.15) is 26.7 Å². The Kier molecular flexibility index (Phi) is 10.5. The van der Waals surface area contributed by atoms with Crippen molar-refractivity contribution in [3.63, 3.8) is 0 Å². The third-order valence-corrected chi connectivity index (χ3v) is 8.86. The Balaban J connectivity index is 1.28. The molecule has 1 fully saturated rings. The molecule has 0 amide bonds. The number of rotatable bonds is 13. The highest BCUT2D eigenvalue weighted by Crippen LogP contribution is 2.37. The lowest BCUT2D eigenvalue weighted by atomic mass is 9.99. The number of phenols is 1. The molecule has 1 saturated heterocycles. The molecule has 1 aromatic heterocycles. The Hall–Kier alpha value is -5.06. The molecule has 0 radical (unpaired) electrons. The highest BCUT2D eigenvalue weighted by molar-refractivity contribution is 5.98. The van der Waals surface area contributed by atoms with Gasteiger partial charge in [0.1, 0.15) is 48.3 Å². The van der Waals surface area contributed by atoms with Gasteiger partial charge in [0.15, 0.2) is 11.5 Å². The number of aliphatic imine (C=N–C) groups is 1. The van der Waals surface area contributed by atoms with Crippen molar-refractivity contribution in [1.82, 2.24) is 10.4 Å². The number of carbonyl (C=O) groups excluding carboxylic acids is 1. The fourth-order valence-electron chi connectivity index (χ4n) is 6.03. The Morgan fingerprint density at radius 3 is 2.59 bits per heavy atom. The van der Waals surface area contributed by atoms with Crippen molar-refractivity contribution in [3.8, 4) is 22.6 Å². The molecular weight excluding hydrogens is 666 g/mol. The Morgan fingerprint density at radius 2 is 1.88 bits per heavy atom. The number of likely N-dealkylation sites (N-methyl/N-ethyl adjacent to an activating group) is 1. The second-order valence-electron chi connectivity index (χ2n) is 12.8. The number of benzene rings is 2. The molecule has 270 valence electrons. The van der Waals surface area contributed by atoms with E-state index in [0.29, 0.717) is 24.4 Å². The van der Waals surface area contributed by atoms with Gasteiger partial charge in [-0.3, -0.25) is 25.0 Å². The summed E-state index contributed by atoms with van der Waals surface area (Å²) < 4.78 is 23.2. The molecule has 15 nitrogen and oxygen atoms in total. The van der Waals surface area contributed by atoms with Gasteiger partial charge in [-0.25, -0.2) is 9.59 Å². The molecule has 0 aliphatic carbocycles. The van der Waals surface area contributed by atoms with Crippen LogP contribution < -0.4 is 15.5 Å². The summed E-state index contributed by atoms with van der Waals surface area (Å²) in [4.78, 5) is 48.1. The molecule has 3 aliphatic rings. The van der Waals surface area contributed by atoms with Crippen LogP contribution in [0.3, 0.4) is 0 Å². The third-order valence-electron chi connectivity index (χ3n) is 8.86. The van der Waals surface area contributed by atoms with E-state index >= 15 is 0 Å². The van der Waals surface area contributed by atoms with Gasteiger partial charge in [0.25, 0.3) is 0 Å². The lowest BCUT2D eigenvalue weighted by Crippen LogP contribution is -2.62. The molecule has 5 N–H and O–H groups in total. The number of allylic oxidation sites excluding steroid dienone is 2. The van der Waals surface area contributed by atoms with Gasteiger partial charge in [0, 0.05) is 17.9 Å². The largest absolute Gasteiger partial charge is 0.508 e. The first-order chi connectivity index (χ1) is 24.4. The molecule has 0 bridgehead atoms. The van der Waals surface area contributed by atoms with E-state index in [1.54, 1.807) is 23.4 Å². The van der Waals surface area contributed by atoms with E-state index in [0.717, 1.165) is 23.4 Å². The average molecular weight is 706 g/mol. The first-order valence-corrected chi connectivity index (χ1v) is 16.5. The molecule has 6 rings (SSSR count). The second-order valence-corrected chi connectivity index (χ2v) is 12.8. The van der Waals surface area contributed by atoms with E-state index < -0.39 is 55.3 Å². The third kappa shape index (κ3) is 7.52. The Bertz CT molecular complexity index is 1940. The average Bonchev–Trinajstić information content (AvgIpc) is 3.68. The summed E-state index contributed by atoms with van der Waals surface area (Å²) >= 11 is 0. The summed E-state index contributed by atoms with van der Waals surface area (Å²) in [7, 11) is 1.28. The van der Waals surface area contributed by atoms with Gasteiger partial charge in [-0.1, -0.05) is 26.0 Å². The van der Waals surface area contributed by atoms with Crippen LogP contribution >= 0.6 is 0 Å². The highest BCUT2D eigenvalue weighted by Gasteiger charge is 2.49. The van der Waals surface area contributed by atoms with Crippen molar-refractivity contribution in [2.45, 2.75) is 63.4 Å². The van der Waals surface area contributed by atoms with Gasteiger partial charge in [0.05, 0.1) is 28.9 Å². The number of aromatic hydroxyl groups is 1. The molecule has 51 heavy (non-hydrogen) atoms. The zero-order chi connectivity index (χ0) is 36.4. The van der Waals surface area contributed by atoms with E-state index in [2.05, 4.69) is 24.2 Å². The highest BCUT2D eigenvalue weighted by atomic mass is 16.8. The first kappa shape index (κ1) is 35.8. The van der Waals surface area contributed by atoms with Crippen LogP contribution in [0.5, 0.6) is 11.5 Å². The molecule has 6 unspecified atom stereocenters. The van der Waals surface area contributed by atoms with Crippen LogP contribution in [0.15, 0.2) is 86.0 Å². The van der Waals surface area contributed by atoms with Gasteiger partial charge in [0.2, 0.25) is 12.3 Å². The number of hydrogen-bond acceptors (Lipinski definition) is 14. The van der Waals surface area contributed by atoms with Crippen molar-refractivity contribution >= 4 is 29.1 Å². The van der Waals surface area contributed by atoms with Gasteiger partial charge in [-0.05, 0) is 61.7 Å². The van der Waals surface area contributed by atoms with E-state index in [4.69, 9.17) is 23.5 Å². The summed E-state index contributed by atoms with van der Waals surface area (Å²) in [6.45, 7) is 3.90. The van der Waals surface area contributed by atoms with Crippen molar-refractivity contribution in [1.29, 1.82) is 0 Å². The SMILES string of the molecule is CNC(C(=O)O)C(=O)OCC1OC(Oc2ccc3c(=O)c(-c4ccc(O)cc4)coc3c2)C(ON2CC3=CC=NC3=C2CCC(C)C)C(O)C1O. The lowest BCUT2D eigenvalue weighted by Gasteiger charge is -2.43. The van der Waals surface area contributed by atoms with Gasteiger partial charge in [-0.15, -0.1) is 0 Å². The Labute approximate surface area is 292 Å². The monoisotopic (exact) mass is 705 g/mol. The van der Waals surface area contributed by atoms with Gasteiger partial charge < -0.3 is 39.1 Å². The number of aliphatic carboxylic acids is 1.